The molecule has 1 heterocycles. The summed E-state index contributed by atoms with van der Waals surface area (Å²) in [5, 5.41) is 2.54. The number of nitrogens with one attached hydrogen (secondary N) is 1. The minimum atomic E-state index is -0.721. The third kappa shape index (κ3) is 4.07. The molecule has 6 nitrogen and oxygen atoms in total. The van der Waals surface area contributed by atoms with E-state index in [9.17, 15) is 14.4 Å². The van der Waals surface area contributed by atoms with Crippen LogP contribution < -0.4 is 11.1 Å². The number of hydrogen-bond acceptors (Lipinski definition) is 3. The second-order valence-electron chi connectivity index (χ2n) is 5.61. The molecule has 0 spiro atoms. The maximum absolute atomic E-state index is 12.0. The highest BCUT2D eigenvalue weighted by Crippen LogP contribution is 2.18. The van der Waals surface area contributed by atoms with Crippen LogP contribution in [0.25, 0.3) is 0 Å². The third-order valence-electron chi connectivity index (χ3n) is 3.88. The van der Waals surface area contributed by atoms with Gasteiger partial charge in [0.25, 0.3) is 0 Å². The molecule has 6 heteroatoms. The molecule has 2 unspecified atom stereocenters. The molecule has 1 aromatic carbocycles. The predicted molar refractivity (Wildman–Crippen MR) is 81.6 cm³/mol. The molecule has 2 rings (SSSR count). The van der Waals surface area contributed by atoms with Crippen molar-refractivity contribution in [3.05, 3.63) is 35.9 Å². The fourth-order valence-electron chi connectivity index (χ4n) is 2.47. The van der Waals surface area contributed by atoms with Gasteiger partial charge in [-0.15, -0.1) is 0 Å². The minimum absolute atomic E-state index is 0.0252. The first-order valence-corrected chi connectivity index (χ1v) is 7.38. The van der Waals surface area contributed by atoms with Gasteiger partial charge in [0.15, 0.2) is 0 Å². The summed E-state index contributed by atoms with van der Waals surface area (Å²) in [6.07, 6.45) is 0.949. The first-order valence-electron chi connectivity index (χ1n) is 7.38. The molecule has 0 radical (unpaired) electrons. The van der Waals surface area contributed by atoms with E-state index in [1.54, 1.807) is 4.90 Å². The van der Waals surface area contributed by atoms with Gasteiger partial charge in [0, 0.05) is 19.5 Å². The number of nitrogens with zero attached hydrogens (tertiary/aromatic N) is 1. The summed E-state index contributed by atoms with van der Waals surface area (Å²) in [5.74, 6) is -1.31. The predicted octanol–water partition coefficient (Wildman–Crippen LogP) is 0.0676. The Kier molecular flexibility index (Phi) is 5.14. The van der Waals surface area contributed by atoms with E-state index >= 15 is 0 Å². The first kappa shape index (κ1) is 16.0. The van der Waals surface area contributed by atoms with E-state index in [2.05, 4.69) is 5.32 Å². The highest BCUT2D eigenvalue weighted by molar-refractivity contribution is 5.92. The van der Waals surface area contributed by atoms with Gasteiger partial charge in [0.2, 0.25) is 17.7 Å². The summed E-state index contributed by atoms with van der Waals surface area (Å²) in [6, 6.07) is 9.18. The van der Waals surface area contributed by atoms with Gasteiger partial charge in [0.1, 0.15) is 6.04 Å². The van der Waals surface area contributed by atoms with Gasteiger partial charge < -0.3 is 16.0 Å². The van der Waals surface area contributed by atoms with Crippen LogP contribution in [0.4, 0.5) is 0 Å². The van der Waals surface area contributed by atoms with Gasteiger partial charge in [-0.1, -0.05) is 30.3 Å². The lowest BCUT2D eigenvalue weighted by molar-refractivity contribution is -0.130. The Morgan fingerprint density at radius 1 is 1.36 bits per heavy atom. The van der Waals surface area contributed by atoms with Crippen LogP contribution in [-0.2, 0) is 20.8 Å². The van der Waals surface area contributed by atoms with Crippen molar-refractivity contribution in [2.24, 2.45) is 11.7 Å². The number of benzene rings is 1. The van der Waals surface area contributed by atoms with E-state index in [-0.39, 0.29) is 18.2 Å². The van der Waals surface area contributed by atoms with E-state index in [1.807, 2.05) is 30.3 Å². The smallest absolute Gasteiger partial charge is 0.239 e. The molecule has 0 bridgehead atoms. The van der Waals surface area contributed by atoms with Crippen molar-refractivity contribution in [2.75, 3.05) is 13.1 Å². The van der Waals surface area contributed by atoms with Gasteiger partial charge in [-0.25, -0.2) is 0 Å². The molecule has 1 aliphatic rings. The number of likely N-dealkylation sites (tertiary alicyclic amines) is 1. The standard InChI is InChI=1S/C16H21N3O3/c1-11(15(17)21)18-16(22)13-9-14(20)19(10-13)8-7-12-5-3-2-4-6-12/h2-6,11,13H,7-10H2,1H3,(H2,17,21)(H,18,22). The highest BCUT2D eigenvalue weighted by atomic mass is 16.2. The van der Waals surface area contributed by atoms with E-state index in [4.69, 9.17) is 5.73 Å². The monoisotopic (exact) mass is 303 g/mol. The van der Waals surface area contributed by atoms with Crippen molar-refractivity contribution in [3.63, 3.8) is 0 Å². The SMILES string of the molecule is CC(NC(=O)C1CC(=O)N(CCc2ccccc2)C1)C(N)=O. The lowest BCUT2D eigenvalue weighted by Gasteiger charge is -2.17. The summed E-state index contributed by atoms with van der Waals surface area (Å²) in [5.41, 5.74) is 6.28. The second kappa shape index (κ2) is 7.06. The number of primary amides is 1. The molecule has 22 heavy (non-hydrogen) atoms. The zero-order valence-corrected chi connectivity index (χ0v) is 12.6. The van der Waals surface area contributed by atoms with Gasteiger partial charge in [-0.3, -0.25) is 14.4 Å². The lowest BCUT2D eigenvalue weighted by atomic mass is 10.1. The van der Waals surface area contributed by atoms with Gasteiger partial charge >= 0.3 is 0 Å². The second-order valence-corrected chi connectivity index (χ2v) is 5.61. The van der Waals surface area contributed by atoms with Crippen molar-refractivity contribution in [1.82, 2.24) is 10.2 Å². The third-order valence-corrected chi connectivity index (χ3v) is 3.88. The van der Waals surface area contributed by atoms with Crippen LogP contribution >= 0.6 is 0 Å². The Morgan fingerprint density at radius 3 is 2.68 bits per heavy atom. The molecule has 2 atom stereocenters. The fourth-order valence-corrected chi connectivity index (χ4v) is 2.47. The largest absolute Gasteiger partial charge is 0.368 e. The molecule has 118 valence electrons. The molecule has 0 aliphatic carbocycles. The molecule has 0 saturated carbocycles. The summed E-state index contributed by atoms with van der Waals surface area (Å²) >= 11 is 0. The van der Waals surface area contributed by atoms with Crippen molar-refractivity contribution >= 4 is 17.7 Å². The number of amides is 3. The molecule has 3 N–H and O–H groups in total. The Labute approximate surface area is 129 Å². The van der Waals surface area contributed by atoms with Crippen molar-refractivity contribution in [1.29, 1.82) is 0 Å². The van der Waals surface area contributed by atoms with Crippen LogP contribution in [0.3, 0.4) is 0 Å². The van der Waals surface area contributed by atoms with Crippen LogP contribution in [0.5, 0.6) is 0 Å². The van der Waals surface area contributed by atoms with Crippen LogP contribution in [0, 0.1) is 5.92 Å². The Morgan fingerprint density at radius 2 is 2.05 bits per heavy atom. The quantitative estimate of drug-likeness (QED) is 0.779. The molecular weight excluding hydrogens is 282 g/mol. The zero-order valence-electron chi connectivity index (χ0n) is 12.6. The Hall–Kier alpha value is -2.37. The number of rotatable bonds is 6. The summed E-state index contributed by atoms with van der Waals surface area (Å²) in [7, 11) is 0. The van der Waals surface area contributed by atoms with Crippen molar-refractivity contribution < 1.29 is 14.4 Å². The first-order chi connectivity index (χ1) is 10.5. The van der Waals surface area contributed by atoms with E-state index in [1.165, 1.54) is 6.92 Å². The minimum Gasteiger partial charge on any atom is -0.368 e. The van der Waals surface area contributed by atoms with Gasteiger partial charge in [-0.2, -0.15) is 0 Å². The maximum atomic E-state index is 12.0. The molecule has 3 amide bonds. The topological polar surface area (TPSA) is 92.5 Å². The zero-order chi connectivity index (χ0) is 16.1. The van der Waals surface area contributed by atoms with E-state index in [0.717, 1.165) is 12.0 Å². The molecular formula is C16H21N3O3. The van der Waals surface area contributed by atoms with Gasteiger partial charge in [0.05, 0.1) is 5.92 Å². The van der Waals surface area contributed by atoms with Crippen LogP contribution in [-0.4, -0.2) is 41.8 Å². The fraction of sp³-hybridized carbons (Fsp3) is 0.438. The van der Waals surface area contributed by atoms with E-state index < -0.39 is 17.9 Å². The Bertz CT molecular complexity index is 559. The number of nitrogens with two attached hydrogens (primary N) is 1. The van der Waals surface area contributed by atoms with Gasteiger partial charge in [-0.05, 0) is 18.9 Å². The highest BCUT2D eigenvalue weighted by Gasteiger charge is 2.34. The van der Waals surface area contributed by atoms with E-state index in [0.29, 0.717) is 13.1 Å². The number of carbonyl (C=O) groups is 3. The summed E-state index contributed by atoms with van der Waals surface area (Å²) in [4.78, 5) is 36.7. The Balaban J connectivity index is 1.85. The molecule has 1 saturated heterocycles. The number of hydrogen-bond donors (Lipinski definition) is 2. The number of carbonyl (C=O) groups excluding carboxylic acids is 3. The van der Waals surface area contributed by atoms with Crippen LogP contribution in [0.1, 0.15) is 18.9 Å². The molecule has 0 aromatic heterocycles. The molecule has 1 aliphatic heterocycles. The average Bonchev–Trinajstić information content (AvgIpc) is 2.87. The van der Waals surface area contributed by atoms with Crippen LogP contribution in [0.15, 0.2) is 30.3 Å². The lowest BCUT2D eigenvalue weighted by Crippen LogP contribution is -2.45. The molecule has 1 aromatic rings. The van der Waals surface area contributed by atoms with Crippen LogP contribution in [0.2, 0.25) is 0 Å². The average molecular weight is 303 g/mol. The maximum Gasteiger partial charge on any atom is 0.239 e. The summed E-state index contributed by atoms with van der Waals surface area (Å²) < 4.78 is 0. The normalized spacial score (nSPS) is 19.0. The van der Waals surface area contributed by atoms with Crippen molar-refractivity contribution in [3.8, 4) is 0 Å². The summed E-state index contributed by atoms with van der Waals surface area (Å²) in [6.45, 7) is 2.52. The molecule has 1 fully saturated rings. The van der Waals surface area contributed by atoms with Crippen molar-refractivity contribution in [2.45, 2.75) is 25.8 Å².